The zero-order valence-electron chi connectivity index (χ0n) is 10.2. The summed E-state index contributed by atoms with van der Waals surface area (Å²) in [7, 11) is 0. The van der Waals surface area contributed by atoms with Crippen LogP contribution in [0.1, 0.15) is 20.7 Å². The summed E-state index contributed by atoms with van der Waals surface area (Å²) in [5.41, 5.74) is 7.04. The molecule has 1 heterocycles. The van der Waals surface area contributed by atoms with Crippen LogP contribution in [0, 0.1) is 0 Å². The van der Waals surface area contributed by atoms with Gasteiger partial charge in [-0.25, -0.2) is 4.79 Å². The Kier molecular flexibility index (Phi) is 2.57. The Morgan fingerprint density at radius 2 is 1.75 bits per heavy atom. The van der Waals surface area contributed by atoms with Crippen molar-refractivity contribution in [3.05, 3.63) is 53.6 Å². The topological polar surface area (TPSA) is 98.5 Å². The van der Waals surface area contributed by atoms with Crippen LogP contribution in [-0.2, 0) is 0 Å². The van der Waals surface area contributed by atoms with Crippen molar-refractivity contribution in [3.8, 4) is 5.69 Å². The molecule has 0 aliphatic heterocycles. The van der Waals surface area contributed by atoms with E-state index < -0.39 is 11.9 Å². The SMILES string of the molecule is NC(=O)c1ccccc1-n1oc2c(C(=O)O)cccc21. The molecule has 6 nitrogen and oxygen atoms in total. The fourth-order valence-corrected chi connectivity index (χ4v) is 2.09. The van der Waals surface area contributed by atoms with E-state index in [1.807, 2.05) is 0 Å². The molecule has 2 aromatic carbocycles. The number of primary amides is 1. The number of aromatic nitrogens is 1. The average molecular weight is 270 g/mol. The number of aromatic carboxylic acids is 1. The summed E-state index contributed by atoms with van der Waals surface area (Å²) in [6.45, 7) is 0. The van der Waals surface area contributed by atoms with Gasteiger partial charge in [-0.2, -0.15) is 4.74 Å². The van der Waals surface area contributed by atoms with Crippen LogP contribution in [0.15, 0.2) is 47.0 Å². The van der Waals surface area contributed by atoms with E-state index in [2.05, 4.69) is 0 Å². The number of para-hydroxylation sites is 2. The fourth-order valence-electron chi connectivity index (χ4n) is 2.09. The van der Waals surface area contributed by atoms with Crippen LogP contribution in [0.2, 0.25) is 0 Å². The van der Waals surface area contributed by atoms with Gasteiger partial charge in [-0.3, -0.25) is 4.79 Å². The van der Waals surface area contributed by atoms with Crippen molar-refractivity contribution in [1.82, 2.24) is 4.74 Å². The highest BCUT2D eigenvalue weighted by molar-refractivity contribution is 6.02. The van der Waals surface area contributed by atoms with Gasteiger partial charge in [0.15, 0.2) is 5.58 Å². The number of nitrogens with zero attached hydrogens (tertiary/aromatic N) is 1. The molecule has 3 N–H and O–H groups in total. The van der Waals surface area contributed by atoms with Crippen molar-refractivity contribution in [1.29, 1.82) is 0 Å². The van der Waals surface area contributed by atoms with Crippen molar-refractivity contribution in [2.45, 2.75) is 0 Å². The molecule has 0 radical (unpaired) electrons. The monoisotopic (exact) mass is 270 g/mol. The number of fused-ring (bicyclic) bond motifs is 1. The molecule has 0 saturated heterocycles. The molecule has 0 aliphatic carbocycles. The molecule has 0 saturated carbocycles. The quantitative estimate of drug-likeness (QED) is 0.760. The van der Waals surface area contributed by atoms with Gasteiger partial charge in [-0.15, -0.1) is 0 Å². The normalized spacial score (nSPS) is 10.8. The lowest BCUT2D eigenvalue weighted by Gasteiger charge is -2.17. The highest BCUT2D eigenvalue weighted by Gasteiger charge is 2.20. The van der Waals surface area contributed by atoms with Crippen molar-refractivity contribution >= 4 is 23.0 Å². The van der Waals surface area contributed by atoms with Crippen molar-refractivity contribution < 1.29 is 19.2 Å². The number of nitrogens with two attached hydrogens (primary N) is 1. The zero-order chi connectivity index (χ0) is 14.3. The molecule has 0 unspecified atom stereocenters. The summed E-state index contributed by atoms with van der Waals surface area (Å²) in [4.78, 5) is 22.5. The lowest BCUT2D eigenvalue weighted by molar-refractivity contribution is 0.0695. The minimum absolute atomic E-state index is 0.0790. The number of amides is 1. The van der Waals surface area contributed by atoms with E-state index in [1.54, 1.807) is 36.4 Å². The Morgan fingerprint density at radius 1 is 1.05 bits per heavy atom. The molecule has 0 spiro atoms. The van der Waals surface area contributed by atoms with Crippen LogP contribution < -0.4 is 5.73 Å². The maximum absolute atomic E-state index is 11.4. The smallest absolute Gasteiger partial charge is 0.339 e. The van der Waals surface area contributed by atoms with Crippen molar-refractivity contribution in [2.75, 3.05) is 0 Å². The average Bonchev–Trinajstić information content (AvgIpc) is 2.40. The van der Waals surface area contributed by atoms with Gasteiger partial charge >= 0.3 is 5.97 Å². The molecule has 20 heavy (non-hydrogen) atoms. The summed E-state index contributed by atoms with van der Waals surface area (Å²) in [5.74, 6) is -1.64. The molecule has 6 heteroatoms. The zero-order valence-corrected chi connectivity index (χ0v) is 10.2. The van der Waals surface area contributed by atoms with E-state index >= 15 is 0 Å². The highest BCUT2D eigenvalue weighted by Crippen LogP contribution is 2.28. The first-order chi connectivity index (χ1) is 9.59. The number of hydrogen-bond donors (Lipinski definition) is 2. The predicted molar refractivity (Wildman–Crippen MR) is 71.0 cm³/mol. The number of carbonyl (C=O) groups excluding carboxylic acids is 1. The molecule has 0 fully saturated rings. The van der Waals surface area contributed by atoms with Gasteiger partial charge in [-0.05, 0) is 24.3 Å². The molecule has 0 bridgehead atoms. The molecule has 0 atom stereocenters. The van der Waals surface area contributed by atoms with Crippen molar-refractivity contribution in [3.63, 3.8) is 0 Å². The second-order valence-electron chi connectivity index (χ2n) is 4.23. The standard InChI is InChI=1S/C14H10N2O4/c15-13(17)8-4-1-2-6-10(8)16-11-7-3-5-9(14(18)19)12(11)20-16/h1-7H,(H2,15,17)(H,18,19). The minimum atomic E-state index is -1.07. The number of rotatable bonds is 3. The molecular weight excluding hydrogens is 260 g/mol. The second-order valence-corrected chi connectivity index (χ2v) is 4.23. The van der Waals surface area contributed by atoms with E-state index in [-0.39, 0.29) is 11.1 Å². The van der Waals surface area contributed by atoms with Gasteiger partial charge in [0.2, 0.25) is 0 Å². The molecular formula is C14H10N2O4. The maximum Gasteiger partial charge on any atom is 0.339 e. The Labute approximate surface area is 113 Å². The van der Waals surface area contributed by atoms with E-state index in [1.165, 1.54) is 10.8 Å². The maximum atomic E-state index is 11.4. The van der Waals surface area contributed by atoms with E-state index in [0.717, 1.165) is 0 Å². The van der Waals surface area contributed by atoms with Gasteiger partial charge in [0.1, 0.15) is 11.1 Å². The minimum Gasteiger partial charge on any atom is -0.478 e. The number of hydrogen-bond acceptors (Lipinski definition) is 3. The van der Waals surface area contributed by atoms with Crippen molar-refractivity contribution in [2.24, 2.45) is 5.73 Å². The fraction of sp³-hybridized carbons (Fsp3) is 0. The van der Waals surface area contributed by atoms with E-state index in [0.29, 0.717) is 16.8 Å². The molecule has 0 aliphatic rings. The summed E-state index contributed by atoms with van der Waals surface area (Å²) < 4.78 is 6.79. The van der Waals surface area contributed by atoms with Crippen LogP contribution >= 0.6 is 0 Å². The Hall–Kier alpha value is -3.02. The Balaban J connectivity index is 2.21. The number of carboxylic acid groups (broad SMARTS) is 1. The van der Waals surface area contributed by atoms with E-state index in [9.17, 15) is 9.59 Å². The van der Waals surface area contributed by atoms with Gasteiger partial charge < -0.3 is 15.4 Å². The van der Waals surface area contributed by atoms with Gasteiger partial charge in [0.05, 0.1) is 11.3 Å². The number of carboxylic acids is 1. The van der Waals surface area contributed by atoms with Crippen LogP contribution in [0.5, 0.6) is 0 Å². The van der Waals surface area contributed by atoms with Gasteiger partial charge in [-0.1, -0.05) is 18.2 Å². The molecule has 1 amide bonds. The van der Waals surface area contributed by atoms with Crippen LogP contribution in [-0.4, -0.2) is 21.7 Å². The molecule has 1 aromatic heterocycles. The first-order valence-electron chi connectivity index (χ1n) is 5.83. The molecule has 3 aromatic rings. The van der Waals surface area contributed by atoms with E-state index in [4.69, 9.17) is 15.4 Å². The van der Waals surface area contributed by atoms with Gasteiger partial charge in [0, 0.05) is 0 Å². The Morgan fingerprint density at radius 3 is 2.45 bits per heavy atom. The van der Waals surface area contributed by atoms with Crippen LogP contribution in [0.3, 0.4) is 0 Å². The summed E-state index contributed by atoms with van der Waals surface area (Å²) in [6, 6.07) is 11.5. The first kappa shape index (κ1) is 12.0. The van der Waals surface area contributed by atoms with Crippen LogP contribution in [0.4, 0.5) is 0 Å². The summed E-state index contributed by atoms with van der Waals surface area (Å²) in [6.07, 6.45) is 0. The molecule has 100 valence electrons. The lowest BCUT2D eigenvalue weighted by Crippen LogP contribution is -2.16. The third-order valence-corrected chi connectivity index (χ3v) is 3.01. The molecule has 3 rings (SSSR count). The number of benzene rings is 2. The van der Waals surface area contributed by atoms with Crippen LogP contribution in [0.25, 0.3) is 16.8 Å². The summed E-state index contributed by atoms with van der Waals surface area (Å²) in [5, 5.41) is 9.05. The second kappa shape index (κ2) is 4.27. The third-order valence-electron chi connectivity index (χ3n) is 3.01. The predicted octanol–water partition coefficient (Wildman–Crippen LogP) is 2.02. The Bertz CT molecular complexity index is 829. The number of carbonyl (C=O) groups is 2. The first-order valence-corrected chi connectivity index (χ1v) is 5.83. The third kappa shape index (κ3) is 1.66. The summed E-state index contributed by atoms with van der Waals surface area (Å²) >= 11 is 0. The highest BCUT2D eigenvalue weighted by atomic mass is 16.5. The largest absolute Gasteiger partial charge is 0.478 e. The van der Waals surface area contributed by atoms with Gasteiger partial charge in [0.25, 0.3) is 5.91 Å². The lowest BCUT2D eigenvalue weighted by atomic mass is 10.1.